The van der Waals surface area contributed by atoms with Crippen molar-refractivity contribution in [3.05, 3.63) is 18.2 Å². The van der Waals surface area contributed by atoms with Crippen molar-refractivity contribution in [2.75, 3.05) is 30.8 Å². The lowest BCUT2D eigenvalue weighted by Gasteiger charge is -2.56. The monoisotopic (exact) mass is 221 g/mol. The van der Waals surface area contributed by atoms with Gasteiger partial charge in [-0.3, -0.25) is 0 Å². The van der Waals surface area contributed by atoms with E-state index in [1.807, 2.05) is 0 Å². The molecule has 3 heterocycles. The van der Waals surface area contributed by atoms with Crippen LogP contribution in [0.3, 0.4) is 0 Å². The third kappa shape index (κ3) is 1.52. The van der Waals surface area contributed by atoms with E-state index >= 15 is 0 Å². The zero-order valence-corrected chi connectivity index (χ0v) is 9.68. The molecule has 1 aromatic heterocycles. The lowest BCUT2D eigenvalue weighted by atomic mass is 9.80. The summed E-state index contributed by atoms with van der Waals surface area (Å²) in [6.45, 7) is 3.43. The molecule has 80 valence electrons. The van der Waals surface area contributed by atoms with Crippen LogP contribution in [0.25, 0.3) is 0 Å². The Hall–Kier alpha value is -0.740. The molecule has 3 nitrogen and oxygen atoms in total. The highest BCUT2D eigenvalue weighted by atomic mass is 32.2. The number of thioether (sulfide) groups is 1. The summed E-state index contributed by atoms with van der Waals surface area (Å²) in [6, 6.07) is 6.25. The molecule has 2 aliphatic heterocycles. The molecule has 0 aliphatic carbocycles. The number of hydrogen-bond acceptors (Lipinski definition) is 4. The van der Waals surface area contributed by atoms with Gasteiger partial charge in [-0.05, 0) is 31.4 Å². The van der Waals surface area contributed by atoms with Crippen molar-refractivity contribution in [3.63, 3.8) is 0 Å². The van der Waals surface area contributed by atoms with E-state index in [1.165, 1.54) is 13.0 Å². The maximum atomic E-state index is 4.60. The quantitative estimate of drug-likeness (QED) is 0.763. The average Bonchev–Trinajstić information content (AvgIpc) is 2.14. The Labute approximate surface area is 94.3 Å². The molecule has 15 heavy (non-hydrogen) atoms. The van der Waals surface area contributed by atoms with Crippen LogP contribution in [0.4, 0.5) is 5.82 Å². The third-order valence-electron chi connectivity index (χ3n) is 3.33. The second kappa shape index (κ2) is 3.39. The first-order valence-corrected chi connectivity index (χ1v) is 6.55. The number of nitrogens with one attached hydrogen (secondary N) is 1. The van der Waals surface area contributed by atoms with Crippen LogP contribution in [0.5, 0.6) is 0 Å². The van der Waals surface area contributed by atoms with Crippen molar-refractivity contribution in [2.24, 2.45) is 0 Å². The smallest absolute Gasteiger partial charge is 0.129 e. The van der Waals surface area contributed by atoms with Crippen molar-refractivity contribution >= 4 is 17.6 Å². The molecular formula is C11H15N3S. The van der Waals surface area contributed by atoms with Gasteiger partial charge in [-0.25, -0.2) is 4.98 Å². The molecule has 4 heteroatoms. The van der Waals surface area contributed by atoms with Crippen LogP contribution >= 0.6 is 11.8 Å². The van der Waals surface area contributed by atoms with Crippen molar-refractivity contribution in [1.82, 2.24) is 10.3 Å². The Kier molecular flexibility index (Phi) is 2.14. The topological polar surface area (TPSA) is 28.2 Å². The average molecular weight is 221 g/mol. The van der Waals surface area contributed by atoms with E-state index < -0.39 is 0 Å². The SMILES string of the molecule is CSc1cccc(N2CC3(CCN3)C2)n1. The largest absolute Gasteiger partial charge is 0.353 e. The highest BCUT2D eigenvalue weighted by molar-refractivity contribution is 7.98. The maximum absolute atomic E-state index is 4.60. The fraction of sp³-hybridized carbons (Fsp3) is 0.545. The minimum atomic E-state index is 0.442. The Bertz CT molecular complexity index is 368. The van der Waals surface area contributed by atoms with Crippen LogP contribution in [-0.4, -0.2) is 36.4 Å². The van der Waals surface area contributed by atoms with E-state index in [4.69, 9.17) is 0 Å². The van der Waals surface area contributed by atoms with E-state index in [-0.39, 0.29) is 0 Å². The van der Waals surface area contributed by atoms with Crippen molar-refractivity contribution < 1.29 is 0 Å². The zero-order chi connectivity index (χ0) is 10.3. The molecule has 0 bridgehead atoms. The minimum absolute atomic E-state index is 0.442. The summed E-state index contributed by atoms with van der Waals surface area (Å²) < 4.78 is 0. The summed E-state index contributed by atoms with van der Waals surface area (Å²) in [5.41, 5.74) is 0.442. The van der Waals surface area contributed by atoms with Gasteiger partial charge in [0.05, 0.1) is 10.6 Å². The molecule has 2 saturated heterocycles. The zero-order valence-electron chi connectivity index (χ0n) is 8.86. The molecule has 1 aromatic rings. The van der Waals surface area contributed by atoms with Crippen molar-refractivity contribution in [1.29, 1.82) is 0 Å². The van der Waals surface area contributed by atoms with Gasteiger partial charge in [0.2, 0.25) is 0 Å². The molecule has 0 radical (unpaired) electrons. The van der Waals surface area contributed by atoms with Crippen LogP contribution in [0.1, 0.15) is 6.42 Å². The summed E-state index contributed by atoms with van der Waals surface area (Å²) in [7, 11) is 0. The Morgan fingerprint density at radius 2 is 2.27 bits per heavy atom. The van der Waals surface area contributed by atoms with E-state index in [0.29, 0.717) is 5.54 Å². The molecule has 0 saturated carbocycles. The first-order valence-electron chi connectivity index (χ1n) is 5.32. The Balaban J connectivity index is 1.72. The minimum Gasteiger partial charge on any atom is -0.353 e. The van der Waals surface area contributed by atoms with Gasteiger partial charge >= 0.3 is 0 Å². The van der Waals surface area contributed by atoms with Gasteiger partial charge in [0.15, 0.2) is 0 Å². The van der Waals surface area contributed by atoms with Crippen molar-refractivity contribution in [3.8, 4) is 0 Å². The summed E-state index contributed by atoms with van der Waals surface area (Å²) in [5.74, 6) is 1.13. The van der Waals surface area contributed by atoms with E-state index in [2.05, 4.69) is 39.7 Å². The second-order valence-corrected chi connectivity index (χ2v) is 5.18. The number of aromatic nitrogens is 1. The predicted octanol–water partition coefficient (Wildman–Crippen LogP) is 1.36. The summed E-state index contributed by atoms with van der Waals surface area (Å²) >= 11 is 1.70. The summed E-state index contributed by atoms with van der Waals surface area (Å²) in [5, 5.41) is 4.62. The van der Waals surface area contributed by atoms with E-state index in [0.717, 1.165) is 23.9 Å². The number of anilines is 1. The molecule has 1 spiro atoms. The first-order chi connectivity index (χ1) is 7.31. The fourth-order valence-electron chi connectivity index (χ4n) is 2.29. The van der Waals surface area contributed by atoms with Gasteiger partial charge in [0.1, 0.15) is 5.82 Å². The van der Waals surface area contributed by atoms with Crippen LogP contribution in [0.15, 0.2) is 23.2 Å². The van der Waals surface area contributed by atoms with Crippen LogP contribution < -0.4 is 10.2 Å². The lowest BCUT2D eigenvalue weighted by molar-refractivity contribution is 0.158. The third-order valence-corrected chi connectivity index (χ3v) is 3.98. The summed E-state index contributed by atoms with van der Waals surface area (Å²) in [4.78, 5) is 6.95. The van der Waals surface area contributed by atoms with Crippen LogP contribution in [-0.2, 0) is 0 Å². The first kappa shape index (κ1) is 9.48. The molecule has 2 fully saturated rings. The van der Waals surface area contributed by atoms with Gasteiger partial charge in [0.25, 0.3) is 0 Å². The number of pyridine rings is 1. The fourth-order valence-corrected chi connectivity index (χ4v) is 2.69. The molecule has 3 rings (SSSR count). The van der Waals surface area contributed by atoms with Gasteiger partial charge in [-0.15, -0.1) is 11.8 Å². The molecule has 2 aliphatic rings. The number of nitrogens with zero attached hydrogens (tertiary/aromatic N) is 2. The molecule has 0 aromatic carbocycles. The number of rotatable bonds is 2. The second-order valence-electron chi connectivity index (χ2n) is 4.35. The normalized spacial score (nSPS) is 22.3. The predicted molar refractivity (Wildman–Crippen MR) is 63.6 cm³/mol. The van der Waals surface area contributed by atoms with Gasteiger partial charge in [-0.2, -0.15) is 0 Å². The molecule has 0 amide bonds. The van der Waals surface area contributed by atoms with Gasteiger partial charge < -0.3 is 10.2 Å². The Morgan fingerprint density at radius 1 is 1.47 bits per heavy atom. The molecular weight excluding hydrogens is 206 g/mol. The summed E-state index contributed by atoms with van der Waals surface area (Å²) in [6.07, 6.45) is 3.39. The van der Waals surface area contributed by atoms with Gasteiger partial charge in [0, 0.05) is 13.1 Å². The standard InChI is InChI=1S/C11H15N3S/c1-15-10-4-2-3-9(13-10)14-7-11(8-14)5-6-12-11/h2-4,12H,5-8H2,1H3. The van der Waals surface area contributed by atoms with Gasteiger partial charge in [-0.1, -0.05) is 6.07 Å². The highest BCUT2D eigenvalue weighted by Gasteiger charge is 2.47. The molecule has 0 unspecified atom stereocenters. The van der Waals surface area contributed by atoms with Crippen LogP contribution in [0, 0.1) is 0 Å². The maximum Gasteiger partial charge on any atom is 0.129 e. The lowest BCUT2D eigenvalue weighted by Crippen LogP contribution is -2.76. The highest BCUT2D eigenvalue weighted by Crippen LogP contribution is 2.33. The van der Waals surface area contributed by atoms with Crippen molar-refractivity contribution in [2.45, 2.75) is 17.0 Å². The number of hydrogen-bond donors (Lipinski definition) is 1. The molecule has 1 N–H and O–H groups in total. The van der Waals surface area contributed by atoms with E-state index in [9.17, 15) is 0 Å². The van der Waals surface area contributed by atoms with Crippen LogP contribution in [0.2, 0.25) is 0 Å². The van der Waals surface area contributed by atoms with E-state index in [1.54, 1.807) is 11.8 Å². The molecule has 0 atom stereocenters. The Morgan fingerprint density at radius 3 is 2.87 bits per heavy atom.